The van der Waals surface area contributed by atoms with Crippen LogP contribution in [0.1, 0.15) is 32.4 Å². The summed E-state index contributed by atoms with van der Waals surface area (Å²) in [4.78, 5) is 2.25. The predicted molar refractivity (Wildman–Crippen MR) is 82.3 cm³/mol. The number of benzene rings is 1. The topological polar surface area (TPSA) is 41.9 Å². The lowest BCUT2D eigenvalue weighted by atomic mass is 10.1. The van der Waals surface area contributed by atoms with Crippen molar-refractivity contribution in [3.63, 3.8) is 0 Å². The van der Waals surface area contributed by atoms with Gasteiger partial charge in [-0.3, -0.25) is 0 Å². The number of hydrogen-bond acceptors (Lipinski definition) is 4. The lowest BCUT2D eigenvalue weighted by molar-refractivity contribution is 0.141. The van der Waals surface area contributed by atoms with Crippen molar-refractivity contribution in [1.29, 1.82) is 0 Å². The van der Waals surface area contributed by atoms with E-state index in [0.29, 0.717) is 13.2 Å². The lowest BCUT2D eigenvalue weighted by Gasteiger charge is -2.25. The number of aliphatic hydroxyl groups excluding tert-OH is 1. The highest BCUT2D eigenvalue weighted by Crippen LogP contribution is 2.19. The van der Waals surface area contributed by atoms with Gasteiger partial charge >= 0.3 is 0 Å². The number of anilines is 1. The molecule has 1 aromatic rings. The summed E-state index contributed by atoms with van der Waals surface area (Å²) in [5.41, 5.74) is 2.07. The van der Waals surface area contributed by atoms with Gasteiger partial charge in [-0.15, -0.1) is 0 Å². The minimum Gasteiger partial charge on any atom is -0.389 e. The van der Waals surface area contributed by atoms with Gasteiger partial charge in [0.25, 0.3) is 0 Å². The van der Waals surface area contributed by atoms with Crippen molar-refractivity contribution in [3.8, 4) is 0 Å². The highest BCUT2D eigenvalue weighted by Gasteiger charge is 2.07. The van der Waals surface area contributed by atoms with Gasteiger partial charge in [-0.25, -0.2) is 0 Å². The van der Waals surface area contributed by atoms with E-state index in [1.165, 1.54) is 0 Å². The highest BCUT2D eigenvalue weighted by molar-refractivity contribution is 5.47. The Morgan fingerprint density at radius 3 is 1.90 bits per heavy atom. The molecule has 0 saturated carbocycles. The zero-order valence-electron chi connectivity index (χ0n) is 12.8. The van der Waals surface area contributed by atoms with Gasteiger partial charge in [0.2, 0.25) is 0 Å². The van der Waals surface area contributed by atoms with E-state index in [-0.39, 0.29) is 0 Å². The number of hydrogen-bond donors (Lipinski definition) is 1. The molecular weight excluding hydrogens is 254 g/mol. The van der Waals surface area contributed by atoms with E-state index in [2.05, 4.69) is 4.90 Å². The molecule has 0 aliphatic rings. The van der Waals surface area contributed by atoms with Crippen molar-refractivity contribution in [2.24, 2.45) is 0 Å². The molecule has 0 spiro atoms. The quantitative estimate of drug-likeness (QED) is 0.669. The van der Waals surface area contributed by atoms with Crippen LogP contribution in [-0.2, 0) is 9.47 Å². The van der Waals surface area contributed by atoms with Crippen LogP contribution in [0.2, 0.25) is 0 Å². The maximum atomic E-state index is 9.55. The molecule has 0 radical (unpaired) electrons. The molecule has 0 saturated heterocycles. The van der Waals surface area contributed by atoms with Gasteiger partial charge in [0.15, 0.2) is 0 Å². The van der Waals surface area contributed by atoms with Crippen molar-refractivity contribution >= 4 is 5.69 Å². The molecule has 114 valence electrons. The minimum atomic E-state index is -0.427. The Balaban J connectivity index is 2.64. The average Bonchev–Trinajstić information content (AvgIpc) is 2.46. The molecule has 0 amide bonds. The van der Waals surface area contributed by atoms with E-state index in [1.807, 2.05) is 38.1 Å². The van der Waals surface area contributed by atoms with Crippen LogP contribution in [0.4, 0.5) is 5.69 Å². The molecule has 1 aromatic carbocycles. The fourth-order valence-electron chi connectivity index (χ4n) is 1.97. The van der Waals surface area contributed by atoms with E-state index >= 15 is 0 Å². The summed E-state index contributed by atoms with van der Waals surface area (Å²) in [7, 11) is 0. The predicted octanol–water partition coefficient (Wildman–Crippen LogP) is 2.62. The van der Waals surface area contributed by atoms with Gasteiger partial charge in [0.1, 0.15) is 0 Å². The first-order valence-corrected chi connectivity index (χ1v) is 7.37. The smallest absolute Gasteiger partial charge is 0.0761 e. The molecule has 0 bridgehead atoms. The third kappa shape index (κ3) is 5.90. The van der Waals surface area contributed by atoms with E-state index in [4.69, 9.17) is 9.47 Å². The van der Waals surface area contributed by atoms with Crippen LogP contribution in [-0.4, -0.2) is 44.6 Å². The molecule has 1 rings (SSSR count). The van der Waals surface area contributed by atoms with E-state index < -0.39 is 6.10 Å². The van der Waals surface area contributed by atoms with Gasteiger partial charge in [-0.1, -0.05) is 12.1 Å². The Hall–Kier alpha value is -1.10. The van der Waals surface area contributed by atoms with Gasteiger partial charge in [0, 0.05) is 32.0 Å². The van der Waals surface area contributed by atoms with Crippen LogP contribution in [0.5, 0.6) is 0 Å². The van der Waals surface area contributed by atoms with Crippen LogP contribution in [0.3, 0.4) is 0 Å². The largest absolute Gasteiger partial charge is 0.389 e. The standard InChI is InChI=1S/C16H27NO3/c1-4-19-12-10-17(11-13-20-5-2)16-8-6-15(7-9-16)14(3)18/h6-9,14,18H,4-5,10-13H2,1-3H3. The average molecular weight is 281 g/mol. The molecule has 1 atom stereocenters. The summed E-state index contributed by atoms with van der Waals surface area (Å²) in [5.74, 6) is 0. The Morgan fingerprint density at radius 1 is 1.00 bits per heavy atom. The molecule has 0 aliphatic carbocycles. The zero-order chi connectivity index (χ0) is 14.8. The zero-order valence-corrected chi connectivity index (χ0v) is 12.8. The van der Waals surface area contributed by atoms with Crippen LogP contribution in [0.25, 0.3) is 0 Å². The van der Waals surface area contributed by atoms with E-state index in [0.717, 1.165) is 37.6 Å². The maximum absolute atomic E-state index is 9.55. The van der Waals surface area contributed by atoms with E-state index in [1.54, 1.807) is 6.92 Å². The Bertz CT molecular complexity index is 341. The monoisotopic (exact) mass is 281 g/mol. The minimum absolute atomic E-state index is 0.427. The third-order valence-corrected chi connectivity index (χ3v) is 3.16. The third-order valence-electron chi connectivity index (χ3n) is 3.16. The molecule has 0 aliphatic heterocycles. The van der Waals surface area contributed by atoms with Crippen LogP contribution >= 0.6 is 0 Å². The van der Waals surface area contributed by atoms with Crippen molar-refractivity contribution in [1.82, 2.24) is 0 Å². The summed E-state index contributed by atoms with van der Waals surface area (Å²) in [6.45, 7) is 10.4. The summed E-state index contributed by atoms with van der Waals surface area (Å²) < 4.78 is 10.9. The number of aliphatic hydroxyl groups is 1. The molecule has 1 N–H and O–H groups in total. The molecule has 1 unspecified atom stereocenters. The van der Waals surface area contributed by atoms with Crippen molar-refractivity contribution in [2.75, 3.05) is 44.4 Å². The summed E-state index contributed by atoms with van der Waals surface area (Å²) in [5, 5.41) is 9.55. The highest BCUT2D eigenvalue weighted by atomic mass is 16.5. The number of ether oxygens (including phenoxy) is 2. The van der Waals surface area contributed by atoms with Gasteiger partial charge < -0.3 is 19.5 Å². The Kier molecular flexibility index (Phi) is 8.26. The molecule has 4 heteroatoms. The van der Waals surface area contributed by atoms with Crippen LogP contribution in [0.15, 0.2) is 24.3 Å². The fourth-order valence-corrected chi connectivity index (χ4v) is 1.97. The van der Waals surface area contributed by atoms with Crippen molar-refractivity contribution in [3.05, 3.63) is 29.8 Å². The first-order valence-electron chi connectivity index (χ1n) is 7.37. The van der Waals surface area contributed by atoms with E-state index in [9.17, 15) is 5.11 Å². The molecule has 0 aromatic heterocycles. The van der Waals surface area contributed by atoms with Crippen LogP contribution in [0, 0.1) is 0 Å². The fraction of sp³-hybridized carbons (Fsp3) is 0.625. The summed E-state index contributed by atoms with van der Waals surface area (Å²) in [6.07, 6.45) is -0.427. The molecule has 0 fully saturated rings. The molecule has 20 heavy (non-hydrogen) atoms. The van der Waals surface area contributed by atoms with Gasteiger partial charge in [-0.2, -0.15) is 0 Å². The SMILES string of the molecule is CCOCCN(CCOCC)c1ccc(C(C)O)cc1. The molecule has 4 nitrogen and oxygen atoms in total. The number of nitrogens with zero attached hydrogens (tertiary/aromatic N) is 1. The molecule has 0 heterocycles. The Labute approximate surface area is 122 Å². The molecular formula is C16H27NO3. The maximum Gasteiger partial charge on any atom is 0.0761 e. The summed E-state index contributed by atoms with van der Waals surface area (Å²) in [6, 6.07) is 8.02. The lowest BCUT2D eigenvalue weighted by Crippen LogP contribution is -2.31. The van der Waals surface area contributed by atoms with Gasteiger partial charge in [-0.05, 0) is 38.5 Å². The second kappa shape index (κ2) is 9.75. The van der Waals surface area contributed by atoms with Crippen LogP contribution < -0.4 is 4.90 Å². The Morgan fingerprint density at radius 2 is 1.50 bits per heavy atom. The first-order chi connectivity index (χ1) is 9.69. The first kappa shape index (κ1) is 17.0. The second-order valence-corrected chi connectivity index (χ2v) is 4.65. The van der Waals surface area contributed by atoms with Gasteiger partial charge in [0.05, 0.1) is 19.3 Å². The second-order valence-electron chi connectivity index (χ2n) is 4.65. The number of rotatable bonds is 10. The summed E-state index contributed by atoms with van der Waals surface area (Å²) >= 11 is 0. The van der Waals surface area contributed by atoms with Crippen molar-refractivity contribution in [2.45, 2.75) is 26.9 Å². The normalized spacial score (nSPS) is 12.4. The van der Waals surface area contributed by atoms with Crippen molar-refractivity contribution < 1.29 is 14.6 Å².